The van der Waals surface area contributed by atoms with E-state index in [9.17, 15) is 13.2 Å². The summed E-state index contributed by atoms with van der Waals surface area (Å²) >= 11 is 10.9. The molecular weight excluding hydrogens is 414 g/mol. The van der Waals surface area contributed by atoms with Crippen LogP contribution in [0.2, 0.25) is 10.3 Å². The van der Waals surface area contributed by atoms with Gasteiger partial charge < -0.3 is 10.8 Å². The quantitative estimate of drug-likeness (QED) is 0.518. The highest BCUT2D eigenvalue weighted by Gasteiger charge is 2.39. The predicted octanol–water partition coefficient (Wildman–Crippen LogP) is 5.62. The highest BCUT2D eigenvalue weighted by atomic mass is 35.5. The molecule has 1 atom stereocenters. The van der Waals surface area contributed by atoms with Crippen molar-refractivity contribution in [2.75, 3.05) is 5.73 Å². The zero-order valence-electron chi connectivity index (χ0n) is 14.6. The maximum Gasteiger partial charge on any atom is 0.418 e. The molecule has 148 valence electrons. The number of aliphatic hydroxyl groups excluding tert-OH is 1. The Balaban J connectivity index is 0.000000261. The summed E-state index contributed by atoms with van der Waals surface area (Å²) in [6, 6.07) is 14.9. The molecule has 28 heavy (non-hydrogen) atoms. The second kappa shape index (κ2) is 9.23. The van der Waals surface area contributed by atoms with Crippen LogP contribution in [0.3, 0.4) is 0 Å². The summed E-state index contributed by atoms with van der Waals surface area (Å²) in [6.45, 7) is 1.95. The Morgan fingerprint density at radius 2 is 1.50 bits per heavy atom. The van der Waals surface area contributed by atoms with Gasteiger partial charge in [0.25, 0.3) is 0 Å². The second-order valence-corrected chi connectivity index (χ2v) is 6.58. The minimum atomic E-state index is -4.63. The summed E-state index contributed by atoms with van der Waals surface area (Å²) in [5.41, 5.74) is 7.86. The first-order chi connectivity index (χ1) is 13.1. The largest absolute Gasteiger partial charge is 0.418 e. The van der Waals surface area contributed by atoms with Gasteiger partial charge in [-0.15, -0.1) is 0 Å². The van der Waals surface area contributed by atoms with Gasteiger partial charge in [0.05, 0.1) is 0 Å². The van der Waals surface area contributed by atoms with E-state index in [2.05, 4.69) is 9.97 Å². The van der Waals surface area contributed by atoms with Crippen LogP contribution in [-0.4, -0.2) is 21.3 Å². The van der Waals surface area contributed by atoms with Crippen molar-refractivity contribution in [1.82, 2.24) is 9.97 Å². The van der Waals surface area contributed by atoms with E-state index in [1.807, 2.05) is 31.2 Å². The number of anilines is 1. The monoisotopic (exact) mass is 429 g/mol. The number of nitrogen functional groups attached to an aromatic ring is 1. The third kappa shape index (κ3) is 6.37. The molecule has 3 aromatic rings. The van der Waals surface area contributed by atoms with E-state index in [0.29, 0.717) is 0 Å². The molecule has 2 aromatic carbocycles. The molecule has 0 spiro atoms. The molecule has 0 saturated heterocycles. The standard InChI is InChI=1S/C15H13F3O.C4H3Cl2N3/c1-10-3-2-4-13(9-10)11-5-7-12(8-6-11)14(19)15(16,17)18;5-2-1-3(6)9-4(7)8-2/h2-9,14,19H,1H3;1H,(H2,7,8,9)/t14-;/m1./s1. The highest BCUT2D eigenvalue weighted by Crippen LogP contribution is 2.33. The third-order valence-corrected chi connectivity index (χ3v) is 3.96. The van der Waals surface area contributed by atoms with Crippen molar-refractivity contribution < 1.29 is 18.3 Å². The number of aryl methyl sites for hydroxylation is 1. The Kier molecular flexibility index (Phi) is 7.23. The Morgan fingerprint density at radius 1 is 0.929 bits per heavy atom. The number of benzene rings is 2. The number of nitrogens with zero attached hydrogens (tertiary/aromatic N) is 2. The van der Waals surface area contributed by atoms with E-state index in [1.54, 1.807) is 12.1 Å². The highest BCUT2D eigenvalue weighted by molar-refractivity contribution is 6.33. The topological polar surface area (TPSA) is 72.0 Å². The summed E-state index contributed by atoms with van der Waals surface area (Å²) in [4.78, 5) is 7.16. The normalized spacial score (nSPS) is 12.1. The van der Waals surface area contributed by atoms with Crippen LogP contribution >= 0.6 is 23.2 Å². The van der Waals surface area contributed by atoms with E-state index in [-0.39, 0.29) is 21.8 Å². The van der Waals surface area contributed by atoms with E-state index < -0.39 is 12.3 Å². The summed E-state index contributed by atoms with van der Waals surface area (Å²) in [5.74, 6) is 0.0903. The number of hydrogen-bond acceptors (Lipinski definition) is 4. The summed E-state index contributed by atoms with van der Waals surface area (Å²) in [5, 5.41) is 9.65. The summed E-state index contributed by atoms with van der Waals surface area (Å²) < 4.78 is 37.1. The molecule has 3 N–H and O–H groups in total. The van der Waals surface area contributed by atoms with E-state index in [1.165, 1.54) is 18.2 Å². The van der Waals surface area contributed by atoms with Gasteiger partial charge in [-0.25, -0.2) is 9.97 Å². The van der Waals surface area contributed by atoms with Gasteiger partial charge >= 0.3 is 6.18 Å². The molecule has 0 saturated carbocycles. The lowest BCUT2D eigenvalue weighted by atomic mass is 10.0. The van der Waals surface area contributed by atoms with Crippen LogP contribution < -0.4 is 5.73 Å². The van der Waals surface area contributed by atoms with Crippen LogP contribution in [0, 0.1) is 6.92 Å². The van der Waals surface area contributed by atoms with Crippen LogP contribution in [0.4, 0.5) is 19.1 Å². The van der Waals surface area contributed by atoms with Gasteiger partial charge in [0.15, 0.2) is 6.10 Å². The number of alkyl halides is 3. The molecule has 0 aliphatic rings. The number of aromatic nitrogens is 2. The molecule has 0 unspecified atom stereocenters. The van der Waals surface area contributed by atoms with Gasteiger partial charge in [-0.1, -0.05) is 77.3 Å². The average Bonchev–Trinajstić information content (AvgIpc) is 2.60. The summed E-state index contributed by atoms with van der Waals surface area (Å²) in [6.07, 6.45) is -7.07. The first kappa shape index (κ1) is 21.9. The Morgan fingerprint density at radius 3 is 1.96 bits per heavy atom. The fraction of sp³-hybridized carbons (Fsp3) is 0.158. The van der Waals surface area contributed by atoms with Crippen LogP contribution in [0.1, 0.15) is 17.2 Å². The molecule has 0 bridgehead atoms. The smallest absolute Gasteiger partial charge is 0.379 e. The van der Waals surface area contributed by atoms with Gasteiger partial charge in [0.2, 0.25) is 5.95 Å². The molecule has 0 radical (unpaired) electrons. The van der Waals surface area contributed by atoms with Gasteiger partial charge in [0.1, 0.15) is 10.3 Å². The van der Waals surface area contributed by atoms with Crippen LogP contribution in [0.25, 0.3) is 11.1 Å². The lowest BCUT2D eigenvalue weighted by Crippen LogP contribution is -2.19. The molecule has 0 aliphatic heterocycles. The Labute approximate surface area is 169 Å². The van der Waals surface area contributed by atoms with Crippen molar-refractivity contribution in [3.8, 4) is 11.1 Å². The second-order valence-electron chi connectivity index (χ2n) is 5.81. The molecule has 4 nitrogen and oxygen atoms in total. The van der Waals surface area contributed by atoms with Crippen molar-refractivity contribution in [1.29, 1.82) is 0 Å². The first-order valence-corrected chi connectivity index (χ1v) is 8.69. The zero-order chi connectivity index (χ0) is 20.9. The third-order valence-electron chi connectivity index (χ3n) is 3.57. The van der Waals surface area contributed by atoms with Crippen molar-refractivity contribution in [2.24, 2.45) is 0 Å². The number of rotatable bonds is 2. The molecule has 1 heterocycles. The minimum Gasteiger partial charge on any atom is -0.379 e. The van der Waals surface area contributed by atoms with E-state index >= 15 is 0 Å². The Hall–Kier alpha value is -2.35. The fourth-order valence-electron chi connectivity index (χ4n) is 2.28. The lowest BCUT2D eigenvalue weighted by molar-refractivity contribution is -0.206. The molecule has 1 aromatic heterocycles. The molecule has 9 heteroatoms. The fourth-order valence-corrected chi connectivity index (χ4v) is 2.71. The van der Waals surface area contributed by atoms with Crippen LogP contribution in [0.15, 0.2) is 54.6 Å². The average molecular weight is 430 g/mol. The maximum absolute atomic E-state index is 12.4. The van der Waals surface area contributed by atoms with Gasteiger partial charge in [-0.2, -0.15) is 13.2 Å². The van der Waals surface area contributed by atoms with Gasteiger partial charge in [0, 0.05) is 6.07 Å². The maximum atomic E-state index is 12.4. The predicted molar refractivity (Wildman–Crippen MR) is 104 cm³/mol. The summed E-state index contributed by atoms with van der Waals surface area (Å²) in [7, 11) is 0. The number of hydrogen-bond donors (Lipinski definition) is 2. The van der Waals surface area contributed by atoms with Gasteiger partial charge in [-0.05, 0) is 23.6 Å². The van der Waals surface area contributed by atoms with E-state index in [4.69, 9.17) is 34.0 Å². The van der Waals surface area contributed by atoms with Crippen molar-refractivity contribution >= 4 is 29.2 Å². The first-order valence-electron chi connectivity index (χ1n) is 7.93. The molecular formula is C19H16Cl2F3N3O. The van der Waals surface area contributed by atoms with Crippen molar-refractivity contribution in [3.05, 3.63) is 76.0 Å². The molecule has 0 aliphatic carbocycles. The lowest BCUT2D eigenvalue weighted by Gasteiger charge is -2.15. The van der Waals surface area contributed by atoms with Gasteiger partial charge in [-0.3, -0.25) is 0 Å². The Bertz CT molecular complexity index is 884. The molecule has 0 fully saturated rings. The number of aliphatic hydroxyl groups is 1. The number of nitrogens with two attached hydrogens (primary N) is 1. The zero-order valence-corrected chi connectivity index (χ0v) is 16.1. The van der Waals surface area contributed by atoms with Crippen molar-refractivity contribution in [2.45, 2.75) is 19.2 Å². The van der Waals surface area contributed by atoms with Crippen molar-refractivity contribution in [3.63, 3.8) is 0 Å². The molecule has 3 rings (SSSR count). The van der Waals surface area contributed by atoms with E-state index in [0.717, 1.165) is 16.7 Å². The SMILES string of the molecule is Cc1cccc(-c2ccc([C@@H](O)C(F)(F)F)cc2)c1.Nc1nc(Cl)cc(Cl)n1. The number of halogens is 5. The minimum absolute atomic E-state index is 0.0903. The van der Waals surface area contributed by atoms with Crippen LogP contribution in [0.5, 0.6) is 0 Å². The van der Waals surface area contributed by atoms with Crippen LogP contribution in [-0.2, 0) is 0 Å². The molecule has 0 amide bonds.